The van der Waals surface area contributed by atoms with Gasteiger partial charge in [-0.3, -0.25) is 14.6 Å². The lowest BCUT2D eigenvalue weighted by Gasteiger charge is -2.55. The van der Waals surface area contributed by atoms with Gasteiger partial charge < -0.3 is 25.2 Å². The summed E-state index contributed by atoms with van der Waals surface area (Å²) in [7, 11) is 0. The molecule has 48 heavy (non-hydrogen) atoms. The number of alkyl halides is 3. The average molecular weight is 666 g/mol. The van der Waals surface area contributed by atoms with E-state index in [9.17, 15) is 27.6 Å². The number of carbonyl (C=O) groups excluding carboxylic acids is 3. The van der Waals surface area contributed by atoms with Crippen LogP contribution in [-0.4, -0.2) is 59.6 Å². The van der Waals surface area contributed by atoms with E-state index in [2.05, 4.69) is 20.5 Å². The summed E-state index contributed by atoms with van der Waals surface area (Å²) in [6.45, 7) is 11.9. The summed E-state index contributed by atoms with van der Waals surface area (Å²) < 4.78 is 46.1. The number of likely N-dealkylation sites (tertiary alicyclic amines) is 1. The summed E-state index contributed by atoms with van der Waals surface area (Å²) >= 11 is 0. The molecule has 1 aromatic heterocycles. The van der Waals surface area contributed by atoms with Gasteiger partial charge in [0.15, 0.2) is 0 Å². The molecule has 256 valence electrons. The predicted molar refractivity (Wildman–Crippen MR) is 176 cm³/mol. The first-order chi connectivity index (χ1) is 22.5. The highest BCUT2D eigenvalue weighted by Crippen LogP contribution is 2.42. The highest BCUT2D eigenvalue weighted by atomic mass is 19.4. The van der Waals surface area contributed by atoms with Gasteiger partial charge in [-0.15, -0.1) is 0 Å². The predicted octanol–water partition coefficient (Wildman–Crippen LogP) is 6.73. The van der Waals surface area contributed by atoms with Gasteiger partial charge in [0, 0.05) is 56.9 Å². The maximum atomic E-state index is 13.6. The largest absolute Gasteiger partial charge is 0.444 e. The number of nitrogens with one attached hydrogen (secondary N) is 2. The quantitative estimate of drug-likeness (QED) is 0.290. The second kappa shape index (κ2) is 13.5. The first-order valence-corrected chi connectivity index (χ1v) is 16.1. The van der Waals surface area contributed by atoms with Crippen LogP contribution in [0.15, 0.2) is 60.8 Å². The van der Waals surface area contributed by atoms with Crippen LogP contribution < -0.4 is 15.5 Å². The van der Waals surface area contributed by atoms with Crippen molar-refractivity contribution in [1.82, 2.24) is 20.5 Å². The molecule has 0 radical (unpaired) electrons. The number of carbonyl (C=O) groups is 3. The van der Waals surface area contributed by atoms with Crippen molar-refractivity contribution in [2.75, 3.05) is 31.1 Å². The van der Waals surface area contributed by atoms with Crippen LogP contribution in [0.1, 0.15) is 80.7 Å². The van der Waals surface area contributed by atoms with Crippen molar-refractivity contribution in [2.24, 2.45) is 5.41 Å². The number of nitrogens with zero attached hydrogens (tertiary/aromatic N) is 3. The van der Waals surface area contributed by atoms with Gasteiger partial charge in [0.1, 0.15) is 11.3 Å². The lowest BCUT2D eigenvalue weighted by molar-refractivity contribution is -0.137. The highest BCUT2D eigenvalue weighted by Gasteiger charge is 2.45. The summed E-state index contributed by atoms with van der Waals surface area (Å²) in [5.74, 6) is -0.225. The molecule has 1 atom stereocenters. The zero-order valence-electron chi connectivity index (χ0n) is 27.9. The van der Waals surface area contributed by atoms with E-state index in [1.807, 2.05) is 17.9 Å². The molecular weight excluding hydrogens is 623 g/mol. The van der Waals surface area contributed by atoms with Crippen LogP contribution in [0.4, 0.5) is 23.7 Å². The summed E-state index contributed by atoms with van der Waals surface area (Å²) in [6.07, 6.45) is -1.65. The van der Waals surface area contributed by atoms with Crippen molar-refractivity contribution in [3.8, 4) is 11.1 Å². The third-order valence-corrected chi connectivity index (χ3v) is 8.99. The number of hydrogen-bond acceptors (Lipinski definition) is 6. The Balaban J connectivity index is 1.23. The second-order valence-electron chi connectivity index (χ2n) is 13.8. The number of rotatable bonds is 7. The minimum Gasteiger partial charge on any atom is -0.444 e. The van der Waals surface area contributed by atoms with Crippen molar-refractivity contribution in [3.05, 3.63) is 83.2 Å². The summed E-state index contributed by atoms with van der Waals surface area (Å²) in [6, 6.07) is 13.6. The third kappa shape index (κ3) is 8.26. The number of benzene rings is 2. The van der Waals surface area contributed by atoms with E-state index in [0.29, 0.717) is 16.7 Å². The number of ether oxygens (including phenoxy) is 1. The molecule has 0 unspecified atom stereocenters. The molecule has 2 aliphatic heterocycles. The maximum absolute atomic E-state index is 13.6. The minimum atomic E-state index is -4.54. The number of anilines is 1. The Bertz CT molecular complexity index is 1650. The Morgan fingerprint density at radius 2 is 1.65 bits per heavy atom. The summed E-state index contributed by atoms with van der Waals surface area (Å²) in [5, 5.41) is 5.59. The molecule has 12 heteroatoms. The molecule has 3 heterocycles. The molecule has 2 aromatic carbocycles. The number of aromatic nitrogens is 1. The fourth-order valence-corrected chi connectivity index (χ4v) is 6.26. The Kier molecular flexibility index (Phi) is 9.75. The normalized spacial score (nSPS) is 16.6. The molecule has 0 bridgehead atoms. The highest BCUT2D eigenvalue weighted by molar-refractivity contribution is 5.93. The van der Waals surface area contributed by atoms with Gasteiger partial charge in [-0.25, -0.2) is 4.79 Å². The lowest BCUT2D eigenvalue weighted by atomic mass is 9.71. The van der Waals surface area contributed by atoms with Crippen molar-refractivity contribution < 1.29 is 32.3 Å². The molecule has 2 aliphatic rings. The Hall–Kier alpha value is -4.61. The molecule has 3 aromatic rings. The summed E-state index contributed by atoms with van der Waals surface area (Å²) in [4.78, 5) is 45.5. The molecule has 5 rings (SSSR count). The van der Waals surface area contributed by atoms with Crippen LogP contribution in [0.5, 0.6) is 0 Å². The van der Waals surface area contributed by atoms with Gasteiger partial charge in [0.05, 0.1) is 11.6 Å². The first-order valence-electron chi connectivity index (χ1n) is 16.1. The number of amides is 3. The number of piperidine rings is 1. The molecule has 9 nitrogen and oxygen atoms in total. The maximum Gasteiger partial charge on any atom is 0.416 e. The Morgan fingerprint density at radius 1 is 0.979 bits per heavy atom. The van der Waals surface area contributed by atoms with Crippen LogP contribution >= 0.6 is 0 Å². The van der Waals surface area contributed by atoms with Crippen LogP contribution in [0, 0.1) is 5.41 Å². The van der Waals surface area contributed by atoms with Gasteiger partial charge in [-0.2, -0.15) is 13.2 Å². The average Bonchev–Trinajstić information content (AvgIpc) is 3.01. The van der Waals surface area contributed by atoms with E-state index in [1.54, 1.807) is 64.2 Å². The molecule has 2 saturated heterocycles. The van der Waals surface area contributed by atoms with Gasteiger partial charge in [-0.1, -0.05) is 30.3 Å². The minimum absolute atomic E-state index is 0.0282. The Morgan fingerprint density at radius 3 is 2.25 bits per heavy atom. The molecule has 3 amide bonds. The smallest absolute Gasteiger partial charge is 0.416 e. The van der Waals surface area contributed by atoms with Crippen LogP contribution in [-0.2, 0) is 22.3 Å². The standard InChI is InChI=1S/C36H42F3N5O4/c1-23(42-32(46)31-19-29(12-15-40-31)44-21-35(22-44)13-16-43(17-14-35)24(2)45)25-6-8-26(9-7-25)30-18-28(36(37,38)39)11-10-27(30)20-41-33(47)48-34(3,4)5/h6-12,15,18-19,23H,13-14,16-17,20-22H2,1-5H3,(H,41,47)(H,42,46)/t23-/m1/s1. The van der Waals surface area contributed by atoms with Crippen LogP contribution in [0.25, 0.3) is 11.1 Å². The van der Waals surface area contributed by atoms with Crippen LogP contribution in [0.2, 0.25) is 0 Å². The van der Waals surface area contributed by atoms with Crippen molar-refractivity contribution in [3.63, 3.8) is 0 Å². The molecular formula is C36H42F3N5O4. The Labute approximate surface area is 278 Å². The van der Waals surface area contributed by atoms with E-state index in [4.69, 9.17) is 4.74 Å². The fourth-order valence-electron chi connectivity index (χ4n) is 6.26. The van der Waals surface area contributed by atoms with E-state index < -0.39 is 29.5 Å². The molecule has 2 fully saturated rings. The first kappa shape index (κ1) is 34.7. The molecule has 1 spiro atoms. The number of hydrogen-bond donors (Lipinski definition) is 2. The van der Waals surface area contributed by atoms with Gasteiger partial charge >= 0.3 is 12.3 Å². The SMILES string of the molecule is CC(=O)N1CCC2(CC1)CN(c1ccnc(C(=O)N[C@H](C)c3ccc(-c4cc(C(F)(F)F)ccc4CNC(=O)OC(C)(C)C)cc3)c1)C2. The number of halogens is 3. The fraction of sp³-hybridized carbons (Fsp3) is 0.444. The third-order valence-electron chi connectivity index (χ3n) is 8.99. The molecule has 2 N–H and O–H groups in total. The zero-order valence-corrected chi connectivity index (χ0v) is 27.9. The van der Waals surface area contributed by atoms with E-state index >= 15 is 0 Å². The number of pyridine rings is 1. The van der Waals surface area contributed by atoms with Crippen molar-refractivity contribution >= 4 is 23.6 Å². The van der Waals surface area contributed by atoms with E-state index in [-0.39, 0.29) is 29.5 Å². The van der Waals surface area contributed by atoms with Crippen LogP contribution in [0.3, 0.4) is 0 Å². The monoisotopic (exact) mass is 665 g/mol. The summed E-state index contributed by atoms with van der Waals surface area (Å²) in [5.41, 5.74) is 1.97. The van der Waals surface area contributed by atoms with E-state index in [0.717, 1.165) is 62.4 Å². The lowest BCUT2D eigenvalue weighted by Crippen LogP contribution is -2.60. The number of alkyl carbamates (subject to hydrolysis) is 1. The van der Waals surface area contributed by atoms with Gasteiger partial charge in [-0.05, 0) is 87.1 Å². The zero-order chi connectivity index (χ0) is 34.9. The van der Waals surface area contributed by atoms with Gasteiger partial charge in [0.25, 0.3) is 5.91 Å². The molecule has 0 aliphatic carbocycles. The molecule has 0 saturated carbocycles. The topological polar surface area (TPSA) is 104 Å². The van der Waals surface area contributed by atoms with E-state index in [1.165, 1.54) is 6.07 Å². The van der Waals surface area contributed by atoms with Gasteiger partial charge in [0.2, 0.25) is 5.91 Å². The van der Waals surface area contributed by atoms with Crippen molar-refractivity contribution in [2.45, 2.75) is 71.8 Å². The van der Waals surface area contributed by atoms with Crippen molar-refractivity contribution in [1.29, 1.82) is 0 Å². The second-order valence-corrected chi connectivity index (χ2v) is 13.8.